The van der Waals surface area contributed by atoms with Crippen molar-refractivity contribution in [3.8, 4) is 10.6 Å². The highest BCUT2D eigenvalue weighted by Crippen LogP contribution is 2.34. The average molecular weight is 292 g/mol. The molecule has 1 aliphatic carbocycles. The van der Waals surface area contributed by atoms with Crippen molar-refractivity contribution in [2.24, 2.45) is 5.92 Å². The molecule has 0 aromatic carbocycles. The van der Waals surface area contributed by atoms with Crippen LogP contribution >= 0.6 is 22.7 Å². The maximum Gasteiger partial charge on any atom is 0.139 e. The molecule has 3 nitrogen and oxygen atoms in total. The zero-order valence-electron chi connectivity index (χ0n) is 11.1. The quantitative estimate of drug-likeness (QED) is 0.842. The van der Waals surface area contributed by atoms with Gasteiger partial charge in [-0.1, -0.05) is 0 Å². The molecule has 2 aromatic heterocycles. The normalized spacial score (nSPS) is 14.8. The fourth-order valence-electron chi connectivity index (χ4n) is 2.15. The van der Waals surface area contributed by atoms with Crippen LogP contribution in [0.25, 0.3) is 10.6 Å². The summed E-state index contributed by atoms with van der Waals surface area (Å²) < 4.78 is 0. The van der Waals surface area contributed by atoms with Crippen LogP contribution in [0, 0.1) is 19.8 Å². The second kappa shape index (κ2) is 5.13. The lowest BCUT2D eigenvalue weighted by Crippen LogP contribution is -2.03. The Hall–Kier alpha value is -1.07. The number of rotatable bonds is 5. The standard InChI is InChI=1S/C14H16N2OS2/c1-8-14(19-9(2)15-8)12-7-18-13(16-12)6-11(17)5-10-3-4-10/h7,10H,3-6H2,1-2H3. The maximum absolute atomic E-state index is 11.8. The molecule has 19 heavy (non-hydrogen) atoms. The smallest absolute Gasteiger partial charge is 0.139 e. The summed E-state index contributed by atoms with van der Waals surface area (Å²) in [5.74, 6) is 0.999. The molecule has 0 bridgehead atoms. The third-order valence-electron chi connectivity index (χ3n) is 3.25. The van der Waals surface area contributed by atoms with Crippen molar-refractivity contribution in [1.29, 1.82) is 0 Å². The number of hydrogen-bond donors (Lipinski definition) is 0. The molecule has 0 N–H and O–H groups in total. The van der Waals surface area contributed by atoms with Gasteiger partial charge in [-0.25, -0.2) is 9.97 Å². The Bertz CT molecular complexity index is 611. The van der Waals surface area contributed by atoms with Crippen molar-refractivity contribution >= 4 is 28.5 Å². The van der Waals surface area contributed by atoms with E-state index in [1.807, 2.05) is 19.2 Å². The highest BCUT2D eigenvalue weighted by atomic mass is 32.1. The summed E-state index contributed by atoms with van der Waals surface area (Å²) in [4.78, 5) is 22.0. The molecule has 1 fully saturated rings. The van der Waals surface area contributed by atoms with Gasteiger partial charge in [-0.2, -0.15) is 0 Å². The first-order valence-corrected chi connectivity index (χ1v) is 8.22. The Morgan fingerprint density at radius 3 is 2.79 bits per heavy atom. The molecule has 0 amide bonds. The zero-order chi connectivity index (χ0) is 13.4. The van der Waals surface area contributed by atoms with Crippen LogP contribution in [0.1, 0.15) is 35.0 Å². The Balaban J connectivity index is 1.71. The van der Waals surface area contributed by atoms with E-state index in [4.69, 9.17) is 0 Å². The van der Waals surface area contributed by atoms with Crippen molar-refractivity contribution < 1.29 is 4.79 Å². The summed E-state index contributed by atoms with van der Waals surface area (Å²) in [6, 6.07) is 0. The molecule has 0 unspecified atom stereocenters. The van der Waals surface area contributed by atoms with Crippen molar-refractivity contribution in [3.05, 3.63) is 21.1 Å². The lowest BCUT2D eigenvalue weighted by molar-refractivity contribution is -0.118. The minimum Gasteiger partial charge on any atom is -0.299 e. The second-order valence-electron chi connectivity index (χ2n) is 5.14. The molecule has 100 valence electrons. The van der Waals surface area contributed by atoms with Crippen LogP contribution in [0.2, 0.25) is 0 Å². The molecule has 0 atom stereocenters. The molecular weight excluding hydrogens is 276 g/mol. The molecule has 0 aliphatic heterocycles. The van der Waals surface area contributed by atoms with Crippen molar-refractivity contribution in [1.82, 2.24) is 9.97 Å². The highest BCUT2D eigenvalue weighted by molar-refractivity contribution is 7.16. The van der Waals surface area contributed by atoms with E-state index in [0.717, 1.165) is 32.7 Å². The highest BCUT2D eigenvalue weighted by Gasteiger charge is 2.24. The zero-order valence-corrected chi connectivity index (χ0v) is 12.7. The van der Waals surface area contributed by atoms with E-state index in [-0.39, 0.29) is 0 Å². The largest absolute Gasteiger partial charge is 0.299 e. The number of thiazole rings is 2. The van der Waals surface area contributed by atoms with Gasteiger partial charge in [-0.3, -0.25) is 4.79 Å². The van der Waals surface area contributed by atoms with Crippen molar-refractivity contribution in [2.75, 3.05) is 0 Å². The van der Waals surface area contributed by atoms with Crippen molar-refractivity contribution in [3.63, 3.8) is 0 Å². The topological polar surface area (TPSA) is 42.9 Å². The van der Waals surface area contributed by atoms with E-state index in [9.17, 15) is 4.79 Å². The predicted molar refractivity (Wildman–Crippen MR) is 78.7 cm³/mol. The van der Waals surface area contributed by atoms with Crippen LogP contribution in [-0.2, 0) is 11.2 Å². The van der Waals surface area contributed by atoms with E-state index in [2.05, 4.69) is 9.97 Å². The minimum atomic E-state index is 0.334. The number of carbonyl (C=O) groups is 1. The van der Waals surface area contributed by atoms with Gasteiger partial charge in [0.05, 0.1) is 27.7 Å². The van der Waals surface area contributed by atoms with Gasteiger partial charge in [0.25, 0.3) is 0 Å². The number of nitrogens with zero attached hydrogens (tertiary/aromatic N) is 2. The molecule has 0 spiro atoms. The van der Waals surface area contributed by atoms with E-state index in [1.54, 1.807) is 22.7 Å². The van der Waals surface area contributed by atoms with Gasteiger partial charge < -0.3 is 0 Å². The molecule has 1 aliphatic rings. The van der Waals surface area contributed by atoms with Crippen LogP contribution in [0.15, 0.2) is 5.38 Å². The van der Waals surface area contributed by atoms with Gasteiger partial charge in [-0.15, -0.1) is 22.7 Å². The van der Waals surface area contributed by atoms with Gasteiger partial charge in [0.1, 0.15) is 10.8 Å². The summed E-state index contributed by atoms with van der Waals surface area (Å²) in [6.07, 6.45) is 3.70. The Labute approximate surface area is 120 Å². The van der Waals surface area contributed by atoms with E-state index < -0.39 is 0 Å². The number of aryl methyl sites for hydroxylation is 2. The van der Waals surface area contributed by atoms with Crippen LogP contribution in [0.3, 0.4) is 0 Å². The first kappa shape index (κ1) is 12.9. The van der Waals surface area contributed by atoms with E-state index >= 15 is 0 Å². The Morgan fingerprint density at radius 2 is 2.16 bits per heavy atom. The fourth-order valence-corrected chi connectivity index (χ4v) is 3.92. The van der Waals surface area contributed by atoms with Gasteiger partial charge in [0.2, 0.25) is 0 Å². The SMILES string of the molecule is Cc1nc(C)c(-c2csc(CC(=O)CC3CC3)n2)s1. The number of ketones is 1. The van der Waals surface area contributed by atoms with E-state index in [1.165, 1.54) is 12.8 Å². The first-order valence-electron chi connectivity index (χ1n) is 6.52. The van der Waals surface area contributed by atoms with E-state index in [0.29, 0.717) is 18.1 Å². The molecule has 5 heteroatoms. The third kappa shape index (κ3) is 3.09. The average Bonchev–Trinajstić information content (AvgIpc) is 2.91. The monoisotopic (exact) mass is 292 g/mol. The summed E-state index contributed by atoms with van der Waals surface area (Å²) in [5, 5.41) is 4.04. The summed E-state index contributed by atoms with van der Waals surface area (Å²) in [6.45, 7) is 4.02. The molecule has 2 aromatic rings. The second-order valence-corrected chi connectivity index (χ2v) is 7.28. The summed E-state index contributed by atoms with van der Waals surface area (Å²) in [7, 11) is 0. The van der Waals surface area contributed by atoms with Crippen LogP contribution in [-0.4, -0.2) is 15.8 Å². The molecule has 3 rings (SSSR count). The Morgan fingerprint density at radius 1 is 1.37 bits per heavy atom. The first-order chi connectivity index (χ1) is 9.11. The molecular formula is C14H16N2OS2. The lowest BCUT2D eigenvalue weighted by atomic mass is 10.1. The van der Waals surface area contributed by atoms with Gasteiger partial charge in [0, 0.05) is 11.8 Å². The van der Waals surface area contributed by atoms with Crippen LogP contribution < -0.4 is 0 Å². The lowest BCUT2D eigenvalue weighted by Gasteiger charge is -1.95. The summed E-state index contributed by atoms with van der Waals surface area (Å²) in [5.41, 5.74) is 2.01. The third-order valence-corrected chi connectivity index (χ3v) is 5.19. The number of Topliss-reactive ketones (excluding diaryl/α,β-unsaturated/α-hetero) is 1. The van der Waals surface area contributed by atoms with Gasteiger partial charge in [0.15, 0.2) is 0 Å². The maximum atomic E-state index is 11.8. The van der Waals surface area contributed by atoms with Crippen LogP contribution in [0.4, 0.5) is 0 Å². The molecule has 2 heterocycles. The molecule has 1 saturated carbocycles. The van der Waals surface area contributed by atoms with Gasteiger partial charge in [-0.05, 0) is 32.6 Å². The van der Waals surface area contributed by atoms with Gasteiger partial charge >= 0.3 is 0 Å². The number of carbonyl (C=O) groups excluding carboxylic acids is 1. The fraction of sp³-hybridized carbons (Fsp3) is 0.500. The van der Waals surface area contributed by atoms with Crippen molar-refractivity contribution in [2.45, 2.75) is 39.5 Å². The molecule has 0 saturated heterocycles. The molecule has 0 radical (unpaired) electrons. The van der Waals surface area contributed by atoms with Crippen LogP contribution in [0.5, 0.6) is 0 Å². The Kier molecular flexibility index (Phi) is 3.50. The predicted octanol–water partition coefficient (Wildman–Crippen LogP) is 3.80. The summed E-state index contributed by atoms with van der Waals surface area (Å²) >= 11 is 3.25. The number of aromatic nitrogens is 2. The number of hydrogen-bond acceptors (Lipinski definition) is 5. The minimum absolute atomic E-state index is 0.334.